The van der Waals surface area contributed by atoms with Crippen molar-refractivity contribution in [2.45, 2.75) is 49.8 Å². The molecule has 21 heteroatoms. The topological polar surface area (TPSA) is 202 Å². The average Bonchev–Trinajstić information content (AvgIpc) is 3.66. The number of thioether (sulfide) groups is 1. The van der Waals surface area contributed by atoms with Gasteiger partial charge in [-0.15, -0.1) is 18.4 Å². The molecule has 3 aromatic heterocycles. The molecular weight excluding hydrogens is 916 g/mol. The second-order valence-corrected chi connectivity index (χ2v) is 12.7. The van der Waals surface area contributed by atoms with Crippen LogP contribution in [0.2, 0.25) is 15.1 Å². The Kier molecular flexibility index (Phi) is 47.3. The minimum atomic E-state index is -0.236. The van der Waals surface area contributed by atoms with E-state index >= 15 is 0 Å². The SMILES string of the molecule is C.C1CCOC1.CC[O-].COC(=O)CCS.COC(=O)CCSc1ccnc(N)c1Cl.Nc1nccc(I)c1Cl.Nc1nccc([S-])c1Cl.[Na+].[Na+]. The van der Waals surface area contributed by atoms with Crippen molar-refractivity contribution in [3.63, 3.8) is 0 Å². The van der Waals surface area contributed by atoms with E-state index in [1.165, 1.54) is 45.0 Å². The van der Waals surface area contributed by atoms with Gasteiger partial charge in [0, 0.05) is 51.8 Å². The number of aromatic nitrogens is 3. The average molecular weight is 960 g/mol. The third-order valence-electron chi connectivity index (χ3n) is 4.79. The van der Waals surface area contributed by atoms with Gasteiger partial charge >= 0.3 is 71.1 Å². The number of esters is 2. The molecule has 0 bridgehead atoms. The van der Waals surface area contributed by atoms with Crippen molar-refractivity contribution in [1.29, 1.82) is 0 Å². The van der Waals surface area contributed by atoms with E-state index in [4.69, 9.17) is 74.5 Å². The molecule has 1 fully saturated rings. The quantitative estimate of drug-likeness (QED) is 0.0661. The molecule has 6 N–H and O–H groups in total. The summed E-state index contributed by atoms with van der Waals surface area (Å²) in [4.78, 5) is 33.7. The summed E-state index contributed by atoms with van der Waals surface area (Å²) in [7, 11) is 2.73. The molecule has 1 aliphatic rings. The van der Waals surface area contributed by atoms with Gasteiger partial charge in [-0.25, -0.2) is 15.0 Å². The molecule has 51 heavy (non-hydrogen) atoms. The number of hydrogen-bond acceptors (Lipinski definition) is 15. The number of nitrogens with two attached hydrogens (primary N) is 3. The van der Waals surface area contributed by atoms with Gasteiger partial charge < -0.3 is 49.1 Å². The molecule has 0 atom stereocenters. The van der Waals surface area contributed by atoms with Crippen LogP contribution < -0.4 is 81.4 Å². The third kappa shape index (κ3) is 32.2. The molecule has 4 rings (SSSR count). The van der Waals surface area contributed by atoms with Gasteiger partial charge in [0.1, 0.15) is 17.5 Å². The fourth-order valence-electron chi connectivity index (χ4n) is 2.48. The van der Waals surface area contributed by atoms with Crippen LogP contribution in [0.25, 0.3) is 0 Å². The van der Waals surface area contributed by atoms with Gasteiger partial charge in [-0.05, 0) is 47.6 Å². The molecule has 1 aliphatic heterocycles. The predicted octanol–water partition coefficient (Wildman–Crippen LogP) is 0.404. The number of nitrogen functional groups attached to an aromatic ring is 3. The molecule has 0 amide bonds. The Morgan fingerprint density at radius 1 is 0.902 bits per heavy atom. The molecule has 4 heterocycles. The summed E-state index contributed by atoms with van der Waals surface area (Å²) in [6.07, 6.45) is 8.05. The fraction of sp³-hybridized carbons (Fsp3) is 0.433. The normalized spacial score (nSPS) is 10.1. The van der Waals surface area contributed by atoms with Crippen LogP contribution in [0, 0.1) is 3.57 Å². The van der Waals surface area contributed by atoms with Crippen molar-refractivity contribution in [3.8, 4) is 0 Å². The Bertz CT molecular complexity index is 1250. The van der Waals surface area contributed by atoms with E-state index < -0.39 is 0 Å². The number of anilines is 3. The summed E-state index contributed by atoms with van der Waals surface area (Å²) in [5.41, 5.74) is 16.2. The maximum absolute atomic E-state index is 10.8. The molecule has 3 aromatic rings. The number of thiol groups is 1. The second kappa shape index (κ2) is 39.9. The molecular formula is C30H44Cl3IN6Na2O6S3. The van der Waals surface area contributed by atoms with Crippen molar-refractivity contribution in [3.05, 3.63) is 55.4 Å². The molecule has 12 nitrogen and oxygen atoms in total. The van der Waals surface area contributed by atoms with E-state index in [1.54, 1.807) is 37.5 Å². The summed E-state index contributed by atoms with van der Waals surface area (Å²) in [5.74, 6) is 1.73. The summed E-state index contributed by atoms with van der Waals surface area (Å²) in [6, 6.07) is 5.20. The zero-order chi connectivity index (χ0) is 36.9. The molecule has 0 radical (unpaired) electrons. The van der Waals surface area contributed by atoms with E-state index in [1.807, 2.05) is 0 Å². The minimum absolute atomic E-state index is 0. The number of rotatable bonds is 6. The van der Waals surface area contributed by atoms with Crippen LogP contribution in [0.3, 0.4) is 0 Å². The minimum Gasteiger partial charge on any atom is -0.855 e. The van der Waals surface area contributed by atoms with Gasteiger partial charge in [-0.1, -0.05) is 55.2 Å². The molecule has 0 spiro atoms. The first-order chi connectivity index (χ1) is 22.8. The maximum Gasteiger partial charge on any atom is 1.00 e. The first-order valence-corrected chi connectivity index (χ1v) is 18.1. The number of carbonyl (C=O) groups is 2. The summed E-state index contributed by atoms with van der Waals surface area (Å²) in [5, 5.41) is 10.3. The van der Waals surface area contributed by atoms with Gasteiger partial charge in [-0.2, -0.15) is 17.5 Å². The van der Waals surface area contributed by atoms with Crippen LogP contribution in [0.4, 0.5) is 17.5 Å². The number of methoxy groups -OCH3 is 2. The number of ether oxygens (including phenoxy) is 3. The largest absolute Gasteiger partial charge is 1.00 e. The van der Waals surface area contributed by atoms with Crippen molar-refractivity contribution >= 4 is 124 Å². The summed E-state index contributed by atoms with van der Waals surface area (Å²) < 4.78 is 14.7. The molecule has 0 saturated carbocycles. The Morgan fingerprint density at radius 3 is 1.69 bits per heavy atom. The predicted molar refractivity (Wildman–Crippen MR) is 214 cm³/mol. The zero-order valence-corrected chi connectivity index (χ0v) is 39.6. The Hall–Kier alpha value is 0.230. The first-order valence-electron chi connectivity index (χ1n) is 13.9. The van der Waals surface area contributed by atoms with Crippen LogP contribution >= 0.6 is 81.8 Å². The van der Waals surface area contributed by atoms with Crippen LogP contribution in [0.5, 0.6) is 0 Å². The number of hydrogen-bond donors (Lipinski definition) is 4. The smallest absolute Gasteiger partial charge is 0.855 e. The van der Waals surface area contributed by atoms with Gasteiger partial charge in [0.2, 0.25) is 0 Å². The molecule has 1 saturated heterocycles. The number of pyridine rings is 3. The van der Waals surface area contributed by atoms with E-state index in [0.29, 0.717) is 61.8 Å². The summed E-state index contributed by atoms with van der Waals surface area (Å²) in [6.45, 7) is 3.57. The summed E-state index contributed by atoms with van der Waals surface area (Å²) >= 11 is 29.3. The van der Waals surface area contributed by atoms with Crippen LogP contribution in [0.1, 0.15) is 40.0 Å². The van der Waals surface area contributed by atoms with Crippen molar-refractivity contribution in [2.75, 3.05) is 62.7 Å². The van der Waals surface area contributed by atoms with Gasteiger partial charge in [0.15, 0.2) is 0 Å². The number of nitrogens with zero attached hydrogens (tertiary/aromatic N) is 3. The van der Waals surface area contributed by atoms with E-state index in [0.717, 1.165) is 21.7 Å². The monoisotopic (exact) mass is 958 g/mol. The molecule has 0 aromatic carbocycles. The number of halogens is 4. The van der Waals surface area contributed by atoms with E-state index in [2.05, 4.69) is 59.6 Å². The van der Waals surface area contributed by atoms with Gasteiger partial charge in [-0.3, -0.25) is 9.59 Å². The number of carbonyl (C=O) groups excluding carboxylic acids is 2. The molecule has 278 valence electrons. The fourth-order valence-corrected chi connectivity index (χ4v) is 4.64. The first kappa shape index (κ1) is 60.5. The maximum atomic E-state index is 10.8. The third-order valence-corrected chi connectivity index (χ3v) is 9.05. The van der Waals surface area contributed by atoms with Crippen LogP contribution in [0.15, 0.2) is 46.6 Å². The second-order valence-electron chi connectivity index (χ2n) is 8.34. The Labute approximate surface area is 390 Å². The van der Waals surface area contributed by atoms with E-state index in [-0.39, 0.29) is 85.1 Å². The van der Waals surface area contributed by atoms with Crippen molar-refractivity contribution in [2.24, 2.45) is 0 Å². The van der Waals surface area contributed by atoms with E-state index in [9.17, 15) is 9.59 Å². The van der Waals surface area contributed by atoms with Gasteiger partial charge in [0.05, 0.1) is 42.1 Å². The van der Waals surface area contributed by atoms with Crippen molar-refractivity contribution in [1.82, 2.24) is 15.0 Å². The standard InChI is InChI=1S/C9H11ClN2O2S.C5H4ClIN2.C5H5ClN2S.C4H8O2S.C4H8O.C2H5O.CH4.2Na/c1-14-7(13)3-5-15-6-2-4-12-9(11)8(6)10;6-4-3(7)1-2-9-5(4)8;6-4-3(9)1-2-8-5(4)7;1-6-4(5)2-3-7;1-2-4-5-3-1;1-2-3;;;/h2,4H,3,5H2,1H3,(H2,11,12);1-2H,(H2,8,9);1-2H,(H3,7,8,9);7H,2-3H2,1H3;1-4H2;2H2,1H3;1H4;;/q;;;;;-1;;2*+1/p-1. The Morgan fingerprint density at radius 2 is 1.33 bits per heavy atom. The molecule has 0 aliphatic carbocycles. The van der Waals surface area contributed by atoms with Crippen molar-refractivity contribution < 1.29 is 88.0 Å². The zero-order valence-electron chi connectivity index (χ0n) is 28.6. The Balaban J connectivity index is -0.000000174. The van der Waals surface area contributed by atoms with Crippen LogP contribution in [-0.4, -0.2) is 72.4 Å². The van der Waals surface area contributed by atoms with Gasteiger partial charge in [0.25, 0.3) is 0 Å². The molecule has 0 unspecified atom stereocenters. The van der Waals surface area contributed by atoms with Crippen LogP contribution in [-0.2, 0) is 36.4 Å².